The van der Waals surface area contributed by atoms with E-state index in [-0.39, 0.29) is 31.1 Å². The fourth-order valence-corrected chi connectivity index (χ4v) is 8.98. The molecule has 64 heavy (non-hydrogen) atoms. The largest absolute Gasteiger partial charge is 0.462 e. The van der Waals surface area contributed by atoms with Crippen molar-refractivity contribution in [3.05, 3.63) is 0 Å². The summed E-state index contributed by atoms with van der Waals surface area (Å²) < 4.78 is 16.8. The SMILES string of the molecule is CCCCCCCCCCCCCCCCCCCCCCCCCCCC(=O)OCC(COC(=O)CCCCCCCCCCC)OC(=O)CCCCCCCCCCCCCC. The number of carbonyl (C=O) groups excluding carboxylic acids is 3. The van der Waals surface area contributed by atoms with Gasteiger partial charge in [-0.3, -0.25) is 14.4 Å². The first-order valence-electron chi connectivity index (χ1n) is 29.0. The molecule has 0 aromatic rings. The second kappa shape index (κ2) is 54.0. The van der Waals surface area contributed by atoms with E-state index >= 15 is 0 Å². The smallest absolute Gasteiger partial charge is 0.306 e. The number of carbonyl (C=O) groups is 3. The van der Waals surface area contributed by atoms with E-state index in [0.717, 1.165) is 57.8 Å². The summed E-state index contributed by atoms with van der Waals surface area (Å²) in [4.78, 5) is 37.9. The Balaban J connectivity index is 4.07. The van der Waals surface area contributed by atoms with Gasteiger partial charge in [-0.15, -0.1) is 0 Å². The maximum Gasteiger partial charge on any atom is 0.306 e. The Morgan fingerprint density at radius 2 is 0.422 bits per heavy atom. The van der Waals surface area contributed by atoms with E-state index in [1.807, 2.05) is 0 Å². The van der Waals surface area contributed by atoms with Gasteiger partial charge in [-0.25, -0.2) is 0 Å². The molecule has 0 aromatic heterocycles. The first-order chi connectivity index (χ1) is 31.5. The Morgan fingerprint density at radius 3 is 0.625 bits per heavy atom. The normalized spacial score (nSPS) is 11.9. The highest BCUT2D eigenvalue weighted by atomic mass is 16.6. The quantitative estimate of drug-likeness (QED) is 0.0344. The maximum atomic E-state index is 12.8. The molecule has 0 radical (unpaired) electrons. The number of rotatable bonds is 54. The molecule has 1 unspecified atom stereocenters. The second-order valence-corrected chi connectivity index (χ2v) is 19.9. The van der Waals surface area contributed by atoms with Crippen molar-refractivity contribution in [2.45, 2.75) is 341 Å². The average Bonchev–Trinajstić information content (AvgIpc) is 3.29. The van der Waals surface area contributed by atoms with Crippen LogP contribution in [-0.4, -0.2) is 37.2 Å². The summed E-state index contributed by atoms with van der Waals surface area (Å²) in [5.41, 5.74) is 0. The van der Waals surface area contributed by atoms with E-state index in [4.69, 9.17) is 14.2 Å². The van der Waals surface area contributed by atoms with Gasteiger partial charge in [0.25, 0.3) is 0 Å². The Labute approximate surface area is 399 Å². The molecule has 0 bridgehead atoms. The topological polar surface area (TPSA) is 78.9 Å². The predicted molar refractivity (Wildman–Crippen MR) is 275 cm³/mol. The molecule has 6 heteroatoms. The summed E-state index contributed by atoms with van der Waals surface area (Å²) in [6, 6.07) is 0. The van der Waals surface area contributed by atoms with E-state index in [2.05, 4.69) is 20.8 Å². The van der Waals surface area contributed by atoms with Crippen LogP contribution in [0.25, 0.3) is 0 Å². The van der Waals surface area contributed by atoms with Crippen molar-refractivity contribution in [2.75, 3.05) is 13.2 Å². The molecule has 0 spiro atoms. The minimum Gasteiger partial charge on any atom is -0.462 e. The fourth-order valence-electron chi connectivity index (χ4n) is 8.98. The van der Waals surface area contributed by atoms with Crippen LogP contribution in [-0.2, 0) is 28.6 Å². The lowest BCUT2D eigenvalue weighted by Gasteiger charge is -2.18. The van der Waals surface area contributed by atoms with Gasteiger partial charge < -0.3 is 14.2 Å². The molecule has 0 saturated carbocycles. The summed E-state index contributed by atoms with van der Waals surface area (Å²) in [6.07, 6.45) is 59.8. The standard InChI is InChI=1S/C58H112O6/c1-4-7-10-13-16-19-21-23-24-25-26-27-28-29-30-31-32-33-34-35-37-39-42-45-48-51-57(60)63-54-55(53-62-56(59)50-47-44-41-38-18-15-12-9-6-3)64-58(61)52-49-46-43-40-36-22-20-17-14-11-8-5-2/h55H,4-54H2,1-3H3. The van der Waals surface area contributed by atoms with Gasteiger partial charge in [-0.1, -0.05) is 297 Å². The van der Waals surface area contributed by atoms with Gasteiger partial charge in [-0.05, 0) is 19.3 Å². The molecule has 6 nitrogen and oxygen atoms in total. The third-order valence-electron chi connectivity index (χ3n) is 13.4. The third-order valence-corrected chi connectivity index (χ3v) is 13.4. The first kappa shape index (κ1) is 62.4. The van der Waals surface area contributed by atoms with Crippen molar-refractivity contribution in [2.24, 2.45) is 0 Å². The molecule has 0 aliphatic rings. The molecule has 380 valence electrons. The molecular weight excluding hydrogens is 793 g/mol. The van der Waals surface area contributed by atoms with Crippen LogP contribution in [0.2, 0.25) is 0 Å². The van der Waals surface area contributed by atoms with Crippen molar-refractivity contribution in [1.82, 2.24) is 0 Å². The van der Waals surface area contributed by atoms with Crippen LogP contribution < -0.4 is 0 Å². The number of esters is 3. The number of hydrogen-bond acceptors (Lipinski definition) is 6. The van der Waals surface area contributed by atoms with E-state index in [0.29, 0.717) is 19.3 Å². The third kappa shape index (κ3) is 51.4. The van der Waals surface area contributed by atoms with E-state index in [1.165, 1.54) is 238 Å². The number of unbranched alkanes of at least 4 members (excludes halogenated alkanes) is 43. The van der Waals surface area contributed by atoms with Crippen molar-refractivity contribution in [1.29, 1.82) is 0 Å². The monoisotopic (exact) mass is 905 g/mol. The Bertz CT molecular complexity index is 951. The lowest BCUT2D eigenvalue weighted by atomic mass is 10.0. The van der Waals surface area contributed by atoms with Crippen LogP contribution in [0.1, 0.15) is 335 Å². The van der Waals surface area contributed by atoms with Crippen LogP contribution in [0.3, 0.4) is 0 Å². The van der Waals surface area contributed by atoms with Gasteiger partial charge in [-0.2, -0.15) is 0 Å². The van der Waals surface area contributed by atoms with Crippen molar-refractivity contribution in [3.8, 4) is 0 Å². The summed E-state index contributed by atoms with van der Waals surface area (Å²) in [5, 5.41) is 0. The predicted octanol–water partition coefficient (Wildman–Crippen LogP) is 19.2. The Hall–Kier alpha value is -1.59. The van der Waals surface area contributed by atoms with Crippen molar-refractivity contribution >= 4 is 17.9 Å². The minimum absolute atomic E-state index is 0.0617. The molecule has 0 aromatic carbocycles. The van der Waals surface area contributed by atoms with Crippen LogP contribution in [0.4, 0.5) is 0 Å². The van der Waals surface area contributed by atoms with E-state index < -0.39 is 6.10 Å². The highest BCUT2D eigenvalue weighted by molar-refractivity contribution is 5.71. The summed E-state index contributed by atoms with van der Waals surface area (Å²) >= 11 is 0. The molecular formula is C58H112O6. The summed E-state index contributed by atoms with van der Waals surface area (Å²) in [5.74, 6) is -0.841. The Morgan fingerprint density at radius 1 is 0.250 bits per heavy atom. The molecule has 0 heterocycles. The molecule has 1 atom stereocenters. The molecule has 0 aliphatic heterocycles. The molecule has 0 fully saturated rings. The van der Waals surface area contributed by atoms with Crippen LogP contribution >= 0.6 is 0 Å². The molecule has 0 aliphatic carbocycles. The van der Waals surface area contributed by atoms with E-state index in [1.54, 1.807) is 0 Å². The molecule has 0 rings (SSSR count). The lowest BCUT2D eigenvalue weighted by Crippen LogP contribution is -2.30. The lowest BCUT2D eigenvalue weighted by molar-refractivity contribution is -0.167. The highest BCUT2D eigenvalue weighted by Gasteiger charge is 2.19. The van der Waals surface area contributed by atoms with E-state index in [9.17, 15) is 14.4 Å². The molecule has 0 amide bonds. The van der Waals surface area contributed by atoms with Crippen LogP contribution in [0.15, 0.2) is 0 Å². The summed E-state index contributed by atoms with van der Waals surface area (Å²) in [6.45, 7) is 6.67. The summed E-state index contributed by atoms with van der Waals surface area (Å²) in [7, 11) is 0. The maximum absolute atomic E-state index is 12.8. The average molecular weight is 906 g/mol. The molecule has 0 N–H and O–H groups in total. The zero-order valence-electron chi connectivity index (χ0n) is 43.6. The van der Waals surface area contributed by atoms with Gasteiger partial charge in [0.15, 0.2) is 6.10 Å². The minimum atomic E-state index is -0.759. The Kier molecular flexibility index (Phi) is 52.7. The number of hydrogen-bond donors (Lipinski definition) is 0. The second-order valence-electron chi connectivity index (χ2n) is 19.9. The van der Waals surface area contributed by atoms with Gasteiger partial charge >= 0.3 is 17.9 Å². The van der Waals surface area contributed by atoms with Gasteiger partial charge in [0, 0.05) is 19.3 Å². The van der Waals surface area contributed by atoms with Gasteiger partial charge in [0.05, 0.1) is 0 Å². The van der Waals surface area contributed by atoms with Gasteiger partial charge in [0.2, 0.25) is 0 Å². The molecule has 0 saturated heterocycles. The highest BCUT2D eigenvalue weighted by Crippen LogP contribution is 2.18. The van der Waals surface area contributed by atoms with Crippen molar-refractivity contribution < 1.29 is 28.6 Å². The van der Waals surface area contributed by atoms with Gasteiger partial charge in [0.1, 0.15) is 13.2 Å². The zero-order chi connectivity index (χ0) is 46.5. The van der Waals surface area contributed by atoms with Crippen LogP contribution in [0, 0.1) is 0 Å². The fraction of sp³-hybridized carbons (Fsp3) is 0.948. The first-order valence-corrected chi connectivity index (χ1v) is 29.0. The van der Waals surface area contributed by atoms with Crippen LogP contribution in [0.5, 0.6) is 0 Å². The zero-order valence-corrected chi connectivity index (χ0v) is 43.6. The number of ether oxygens (including phenoxy) is 3. The van der Waals surface area contributed by atoms with Crippen molar-refractivity contribution in [3.63, 3.8) is 0 Å².